The molecule has 2 heterocycles. The van der Waals surface area contributed by atoms with Crippen molar-refractivity contribution in [3.05, 3.63) is 84.6 Å². The van der Waals surface area contributed by atoms with Gasteiger partial charge in [-0.15, -0.1) is 0 Å². The molecule has 0 saturated heterocycles. The average molecular weight is 372 g/mol. The number of amides is 2. The number of nitrogens with zero attached hydrogens (tertiary/aromatic N) is 3. The van der Waals surface area contributed by atoms with Crippen molar-refractivity contribution in [1.82, 2.24) is 10.3 Å². The second-order valence-electron chi connectivity index (χ2n) is 6.02. The minimum absolute atomic E-state index is 0.0325. The van der Waals surface area contributed by atoms with Crippen LogP contribution in [0, 0.1) is 0 Å². The lowest BCUT2D eigenvalue weighted by molar-refractivity contribution is -0.116. The molecule has 28 heavy (non-hydrogen) atoms. The molecule has 138 valence electrons. The monoisotopic (exact) mass is 372 g/mol. The number of anilines is 1. The predicted molar refractivity (Wildman–Crippen MR) is 104 cm³/mol. The zero-order valence-electron chi connectivity index (χ0n) is 14.8. The van der Waals surface area contributed by atoms with Gasteiger partial charge in [0.1, 0.15) is 11.6 Å². The van der Waals surface area contributed by atoms with Crippen molar-refractivity contribution in [3.8, 4) is 11.6 Å². The summed E-state index contributed by atoms with van der Waals surface area (Å²) < 4.78 is 5.65. The minimum atomic E-state index is -0.368. The SMILES string of the molecule is O=C(NC1=NN(c2ccccc2)C(=O)C1)c1cccc(Oc2ccccn2)c1. The van der Waals surface area contributed by atoms with Gasteiger partial charge in [0.05, 0.1) is 12.1 Å². The van der Waals surface area contributed by atoms with E-state index in [1.165, 1.54) is 5.01 Å². The molecular formula is C21H16N4O3. The van der Waals surface area contributed by atoms with Gasteiger partial charge < -0.3 is 10.1 Å². The van der Waals surface area contributed by atoms with Crippen LogP contribution < -0.4 is 15.1 Å². The van der Waals surface area contributed by atoms with E-state index in [1.54, 1.807) is 54.7 Å². The number of nitrogens with one attached hydrogen (secondary N) is 1. The maximum atomic E-state index is 12.6. The first-order valence-electron chi connectivity index (χ1n) is 8.65. The number of rotatable bonds is 4. The van der Waals surface area contributed by atoms with Crippen LogP contribution in [0.15, 0.2) is 84.1 Å². The summed E-state index contributed by atoms with van der Waals surface area (Å²) in [5.41, 5.74) is 1.05. The van der Waals surface area contributed by atoms with Gasteiger partial charge in [0.2, 0.25) is 5.88 Å². The molecule has 1 aliphatic rings. The number of amidine groups is 1. The first-order chi connectivity index (χ1) is 13.7. The Hall–Kier alpha value is -4.00. The van der Waals surface area contributed by atoms with Crippen molar-refractivity contribution >= 4 is 23.3 Å². The Kier molecular flexibility index (Phi) is 4.79. The van der Waals surface area contributed by atoms with Crippen LogP contribution in [0.25, 0.3) is 0 Å². The molecular weight excluding hydrogens is 356 g/mol. The molecule has 1 aromatic heterocycles. The molecule has 2 amide bonds. The zero-order valence-corrected chi connectivity index (χ0v) is 14.8. The highest BCUT2D eigenvalue weighted by atomic mass is 16.5. The predicted octanol–water partition coefficient (Wildman–Crippen LogP) is 3.35. The van der Waals surface area contributed by atoms with Crippen molar-refractivity contribution in [2.24, 2.45) is 5.10 Å². The molecule has 7 nitrogen and oxygen atoms in total. The number of aromatic nitrogens is 1. The highest BCUT2D eigenvalue weighted by molar-refractivity contribution is 6.17. The van der Waals surface area contributed by atoms with E-state index in [9.17, 15) is 9.59 Å². The average Bonchev–Trinajstić information content (AvgIpc) is 3.09. The molecule has 0 saturated carbocycles. The second kappa shape index (κ2) is 7.71. The Balaban J connectivity index is 1.47. The Morgan fingerprint density at radius 2 is 1.82 bits per heavy atom. The van der Waals surface area contributed by atoms with Crippen LogP contribution in [0.1, 0.15) is 16.8 Å². The van der Waals surface area contributed by atoms with Crippen LogP contribution in [0.2, 0.25) is 0 Å². The third-order valence-electron chi connectivity index (χ3n) is 3.99. The van der Waals surface area contributed by atoms with Crippen LogP contribution >= 0.6 is 0 Å². The van der Waals surface area contributed by atoms with E-state index in [0.717, 1.165) is 0 Å². The van der Waals surface area contributed by atoms with E-state index in [-0.39, 0.29) is 18.2 Å². The van der Waals surface area contributed by atoms with Crippen molar-refractivity contribution in [3.63, 3.8) is 0 Å². The summed E-state index contributed by atoms with van der Waals surface area (Å²) in [5, 5.41) is 8.20. The van der Waals surface area contributed by atoms with E-state index in [4.69, 9.17) is 4.74 Å². The lowest BCUT2D eigenvalue weighted by atomic mass is 10.2. The number of hydrazone groups is 1. The van der Waals surface area contributed by atoms with E-state index < -0.39 is 0 Å². The Morgan fingerprint density at radius 3 is 2.61 bits per heavy atom. The van der Waals surface area contributed by atoms with Crippen LogP contribution in [-0.2, 0) is 4.79 Å². The van der Waals surface area contributed by atoms with Gasteiger partial charge in [-0.3, -0.25) is 9.59 Å². The van der Waals surface area contributed by atoms with E-state index >= 15 is 0 Å². The van der Waals surface area contributed by atoms with Crippen molar-refractivity contribution in [2.45, 2.75) is 6.42 Å². The first-order valence-corrected chi connectivity index (χ1v) is 8.65. The summed E-state index contributed by atoms with van der Waals surface area (Å²) in [6.45, 7) is 0. The molecule has 0 bridgehead atoms. The molecule has 1 N–H and O–H groups in total. The van der Waals surface area contributed by atoms with Crippen molar-refractivity contribution in [1.29, 1.82) is 0 Å². The van der Waals surface area contributed by atoms with E-state index in [0.29, 0.717) is 28.7 Å². The number of benzene rings is 2. The molecule has 0 fully saturated rings. The number of pyridine rings is 1. The summed E-state index contributed by atoms with van der Waals surface area (Å²) >= 11 is 0. The number of ether oxygens (including phenoxy) is 1. The van der Waals surface area contributed by atoms with E-state index in [1.807, 2.05) is 24.3 Å². The van der Waals surface area contributed by atoms with Crippen molar-refractivity contribution < 1.29 is 14.3 Å². The van der Waals surface area contributed by atoms with Crippen LogP contribution in [0.3, 0.4) is 0 Å². The number of hydrogen-bond acceptors (Lipinski definition) is 5. The summed E-state index contributed by atoms with van der Waals surface area (Å²) in [5.74, 6) is 0.655. The molecule has 3 aromatic rings. The smallest absolute Gasteiger partial charge is 0.256 e. The van der Waals surface area contributed by atoms with Gasteiger partial charge in [-0.2, -0.15) is 10.1 Å². The maximum Gasteiger partial charge on any atom is 0.256 e. The molecule has 4 rings (SSSR count). The molecule has 0 spiro atoms. The molecule has 2 aromatic carbocycles. The number of para-hydroxylation sites is 1. The quantitative estimate of drug-likeness (QED) is 0.761. The molecule has 0 aliphatic carbocycles. The highest BCUT2D eigenvalue weighted by Crippen LogP contribution is 2.21. The molecule has 0 atom stereocenters. The fourth-order valence-corrected chi connectivity index (χ4v) is 2.70. The van der Waals surface area contributed by atoms with Gasteiger partial charge in [-0.05, 0) is 36.4 Å². The standard InChI is InChI=1S/C21H16N4O3/c26-20-14-18(24-25(20)16-8-2-1-3-9-16)23-21(27)15-7-6-10-17(13-15)28-19-11-4-5-12-22-19/h1-13H,14H2,(H,23,24,27). The number of carbonyl (C=O) groups excluding carboxylic acids is 2. The van der Waals surface area contributed by atoms with Gasteiger partial charge in [-0.25, -0.2) is 4.98 Å². The zero-order chi connectivity index (χ0) is 19.3. The first kappa shape index (κ1) is 17.4. The van der Waals surface area contributed by atoms with Gasteiger partial charge >= 0.3 is 0 Å². The van der Waals surface area contributed by atoms with Gasteiger partial charge in [0.25, 0.3) is 11.8 Å². The summed E-state index contributed by atoms with van der Waals surface area (Å²) in [4.78, 5) is 28.8. The lowest BCUT2D eigenvalue weighted by Crippen LogP contribution is -2.29. The van der Waals surface area contributed by atoms with Crippen molar-refractivity contribution in [2.75, 3.05) is 5.01 Å². The van der Waals surface area contributed by atoms with Crippen LogP contribution in [0.5, 0.6) is 11.6 Å². The largest absolute Gasteiger partial charge is 0.439 e. The fraction of sp³-hybridized carbons (Fsp3) is 0.0476. The van der Waals surface area contributed by atoms with Gasteiger partial charge in [-0.1, -0.05) is 30.3 Å². The molecule has 0 unspecified atom stereocenters. The second-order valence-corrected chi connectivity index (χ2v) is 6.02. The van der Waals surface area contributed by atoms with E-state index in [2.05, 4.69) is 15.4 Å². The lowest BCUT2D eigenvalue weighted by Gasteiger charge is -2.10. The molecule has 0 radical (unpaired) electrons. The third-order valence-corrected chi connectivity index (χ3v) is 3.99. The minimum Gasteiger partial charge on any atom is -0.439 e. The van der Waals surface area contributed by atoms with Crippen LogP contribution in [0.4, 0.5) is 5.69 Å². The molecule has 1 aliphatic heterocycles. The van der Waals surface area contributed by atoms with Crippen LogP contribution in [-0.4, -0.2) is 22.6 Å². The Bertz CT molecular complexity index is 1040. The summed E-state index contributed by atoms with van der Waals surface area (Å²) in [6.07, 6.45) is 1.66. The highest BCUT2D eigenvalue weighted by Gasteiger charge is 2.26. The molecule has 7 heteroatoms. The topological polar surface area (TPSA) is 83.9 Å². The van der Waals surface area contributed by atoms with Gasteiger partial charge in [0, 0.05) is 17.8 Å². The van der Waals surface area contributed by atoms with Gasteiger partial charge in [0.15, 0.2) is 0 Å². The Labute approximate surface area is 161 Å². The normalized spacial score (nSPS) is 13.2. The summed E-state index contributed by atoms with van der Waals surface area (Å²) in [6, 6.07) is 21.1. The fourth-order valence-electron chi connectivity index (χ4n) is 2.70. The third kappa shape index (κ3) is 3.88. The Morgan fingerprint density at radius 1 is 1.00 bits per heavy atom. The maximum absolute atomic E-state index is 12.6. The summed E-state index contributed by atoms with van der Waals surface area (Å²) in [7, 11) is 0. The number of carbonyl (C=O) groups is 2. The number of hydrogen-bond donors (Lipinski definition) is 1.